The lowest BCUT2D eigenvalue weighted by Gasteiger charge is -2.10. The molecule has 110 valence electrons. The van der Waals surface area contributed by atoms with Gasteiger partial charge in [0.15, 0.2) is 5.78 Å². The second-order valence-electron chi connectivity index (χ2n) is 4.30. The number of Topliss-reactive ketones (excluding diaryl/α,β-unsaturated/α-hetero) is 1. The number of hydrogen-bond donors (Lipinski definition) is 0. The zero-order valence-corrected chi connectivity index (χ0v) is 13.2. The smallest absolute Gasteiger partial charge is 0.251 e. The number of methoxy groups -OCH3 is 2. The predicted molar refractivity (Wildman–Crippen MR) is 82.3 cm³/mol. The monoisotopic (exact) mass is 351 g/mol. The van der Waals surface area contributed by atoms with Crippen molar-refractivity contribution >= 4 is 21.7 Å². The van der Waals surface area contributed by atoms with Gasteiger partial charge < -0.3 is 14.0 Å². The first-order valence-electron chi connectivity index (χ1n) is 6.16. The second-order valence-corrected chi connectivity index (χ2v) is 5.22. The van der Waals surface area contributed by atoms with Crippen molar-refractivity contribution in [1.29, 1.82) is 0 Å². The SMILES string of the molecule is COc1ccc(OC)c(C(=O)Cn2cc(Br)ccc2=O)c1. The molecule has 2 rings (SSSR count). The molecule has 1 aromatic carbocycles. The summed E-state index contributed by atoms with van der Waals surface area (Å²) in [5.74, 6) is 0.774. The Labute approximate surface area is 130 Å². The fourth-order valence-corrected chi connectivity index (χ4v) is 2.28. The maximum Gasteiger partial charge on any atom is 0.251 e. The summed E-state index contributed by atoms with van der Waals surface area (Å²) in [4.78, 5) is 24.2. The normalized spacial score (nSPS) is 10.2. The summed E-state index contributed by atoms with van der Waals surface area (Å²) in [6, 6.07) is 8.01. The van der Waals surface area contributed by atoms with Gasteiger partial charge in [-0.1, -0.05) is 0 Å². The first-order chi connectivity index (χ1) is 10.0. The molecule has 0 atom stereocenters. The van der Waals surface area contributed by atoms with Crippen LogP contribution in [0.1, 0.15) is 10.4 Å². The highest BCUT2D eigenvalue weighted by molar-refractivity contribution is 9.10. The largest absolute Gasteiger partial charge is 0.497 e. The fourth-order valence-electron chi connectivity index (χ4n) is 1.90. The Balaban J connectivity index is 2.36. The van der Waals surface area contributed by atoms with Crippen LogP contribution in [0.2, 0.25) is 0 Å². The number of ketones is 1. The molecule has 0 aliphatic rings. The summed E-state index contributed by atoms with van der Waals surface area (Å²) in [5.41, 5.74) is 0.136. The number of hydrogen-bond acceptors (Lipinski definition) is 4. The molecular weight excluding hydrogens is 338 g/mol. The van der Waals surface area contributed by atoms with E-state index in [1.54, 1.807) is 30.5 Å². The van der Waals surface area contributed by atoms with Gasteiger partial charge in [0, 0.05) is 16.7 Å². The summed E-state index contributed by atoms with van der Waals surface area (Å²) in [6.07, 6.45) is 1.58. The Kier molecular flexibility index (Phi) is 4.80. The molecule has 0 saturated carbocycles. The van der Waals surface area contributed by atoms with Gasteiger partial charge in [-0.3, -0.25) is 9.59 Å². The Morgan fingerprint density at radius 3 is 2.62 bits per heavy atom. The average molecular weight is 352 g/mol. The number of carbonyl (C=O) groups is 1. The van der Waals surface area contributed by atoms with E-state index >= 15 is 0 Å². The van der Waals surface area contributed by atoms with Crippen LogP contribution in [0, 0.1) is 0 Å². The van der Waals surface area contributed by atoms with Crippen molar-refractivity contribution < 1.29 is 14.3 Å². The van der Waals surface area contributed by atoms with Gasteiger partial charge in [-0.15, -0.1) is 0 Å². The van der Waals surface area contributed by atoms with E-state index in [1.165, 1.54) is 24.9 Å². The van der Waals surface area contributed by atoms with Crippen molar-refractivity contribution in [1.82, 2.24) is 4.57 Å². The number of halogens is 1. The zero-order valence-electron chi connectivity index (χ0n) is 11.6. The van der Waals surface area contributed by atoms with Crippen LogP contribution < -0.4 is 15.0 Å². The zero-order chi connectivity index (χ0) is 15.4. The highest BCUT2D eigenvalue weighted by Gasteiger charge is 2.15. The van der Waals surface area contributed by atoms with Gasteiger partial charge in [0.05, 0.1) is 26.3 Å². The first kappa shape index (κ1) is 15.3. The minimum absolute atomic E-state index is 0.0677. The second kappa shape index (κ2) is 6.58. The quantitative estimate of drug-likeness (QED) is 0.776. The van der Waals surface area contributed by atoms with E-state index in [4.69, 9.17) is 9.47 Å². The van der Waals surface area contributed by atoms with Gasteiger partial charge in [-0.05, 0) is 40.2 Å². The lowest BCUT2D eigenvalue weighted by atomic mass is 10.1. The Bertz CT molecular complexity index is 724. The van der Waals surface area contributed by atoms with Gasteiger partial charge in [0.2, 0.25) is 0 Å². The molecule has 0 fully saturated rings. The molecule has 0 aliphatic heterocycles. The third kappa shape index (κ3) is 3.52. The minimum atomic E-state index is -0.242. The summed E-state index contributed by atoms with van der Waals surface area (Å²) >= 11 is 3.28. The van der Waals surface area contributed by atoms with Gasteiger partial charge >= 0.3 is 0 Å². The average Bonchev–Trinajstić information content (AvgIpc) is 2.50. The Morgan fingerprint density at radius 2 is 1.95 bits per heavy atom. The van der Waals surface area contributed by atoms with Crippen LogP contribution in [0.25, 0.3) is 0 Å². The van der Waals surface area contributed by atoms with Crippen LogP contribution in [0.4, 0.5) is 0 Å². The molecule has 0 saturated heterocycles. The molecule has 0 spiro atoms. The third-order valence-corrected chi connectivity index (χ3v) is 3.44. The van der Waals surface area contributed by atoms with Crippen molar-refractivity contribution in [3.63, 3.8) is 0 Å². The van der Waals surface area contributed by atoms with Crippen molar-refractivity contribution in [2.24, 2.45) is 0 Å². The molecule has 1 heterocycles. The van der Waals surface area contributed by atoms with E-state index in [2.05, 4.69) is 15.9 Å². The highest BCUT2D eigenvalue weighted by Crippen LogP contribution is 2.24. The van der Waals surface area contributed by atoms with Crippen LogP contribution in [0.15, 0.2) is 45.8 Å². The van der Waals surface area contributed by atoms with E-state index < -0.39 is 0 Å². The molecule has 0 radical (unpaired) electrons. The third-order valence-electron chi connectivity index (χ3n) is 2.97. The number of aromatic nitrogens is 1. The van der Waals surface area contributed by atoms with Crippen molar-refractivity contribution in [3.8, 4) is 11.5 Å². The lowest BCUT2D eigenvalue weighted by Crippen LogP contribution is -2.23. The number of pyridine rings is 1. The van der Waals surface area contributed by atoms with Crippen LogP contribution >= 0.6 is 15.9 Å². The van der Waals surface area contributed by atoms with Crippen LogP contribution in [-0.4, -0.2) is 24.6 Å². The van der Waals surface area contributed by atoms with Crippen LogP contribution in [0.3, 0.4) is 0 Å². The van der Waals surface area contributed by atoms with Crippen LogP contribution in [-0.2, 0) is 6.54 Å². The number of ether oxygens (including phenoxy) is 2. The fraction of sp³-hybridized carbons (Fsp3) is 0.200. The highest BCUT2D eigenvalue weighted by atomic mass is 79.9. The predicted octanol–water partition coefficient (Wildman–Crippen LogP) is 2.51. The molecule has 21 heavy (non-hydrogen) atoms. The van der Waals surface area contributed by atoms with E-state index in [0.717, 1.165) is 4.47 Å². The molecule has 1 aromatic heterocycles. The van der Waals surface area contributed by atoms with E-state index in [9.17, 15) is 9.59 Å². The molecule has 0 N–H and O–H groups in total. The first-order valence-corrected chi connectivity index (χ1v) is 6.95. The summed E-state index contributed by atoms with van der Waals surface area (Å²) in [5, 5.41) is 0. The van der Waals surface area contributed by atoms with Crippen molar-refractivity contribution in [2.75, 3.05) is 14.2 Å². The van der Waals surface area contributed by atoms with Crippen molar-refractivity contribution in [3.05, 3.63) is 56.9 Å². The number of benzene rings is 1. The van der Waals surface area contributed by atoms with E-state index in [-0.39, 0.29) is 17.9 Å². The topological polar surface area (TPSA) is 57.5 Å². The van der Waals surface area contributed by atoms with Crippen molar-refractivity contribution in [2.45, 2.75) is 6.54 Å². The Hall–Kier alpha value is -2.08. The molecule has 2 aromatic rings. The molecule has 5 nitrogen and oxygen atoms in total. The molecule has 0 amide bonds. The van der Waals surface area contributed by atoms with Gasteiger partial charge in [-0.2, -0.15) is 0 Å². The molecular formula is C15H14BrNO4. The van der Waals surface area contributed by atoms with Gasteiger partial charge in [0.1, 0.15) is 11.5 Å². The molecule has 0 aliphatic carbocycles. The lowest BCUT2D eigenvalue weighted by molar-refractivity contribution is 0.0967. The molecule has 6 heteroatoms. The Morgan fingerprint density at radius 1 is 1.19 bits per heavy atom. The van der Waals surface area contributed by atoms with Crippen LogP contribution in [0.5, 0.6) is 11.5 Å². The van der Waals surface area contributed by atoms with Gasteiger partial charge in [-0.25, -0.2) is 0 Å². The van der Waals surface area contributed by atoms with E-state index in [0.29, 0.717) is 17.1 Å². The number of carbonyl (C=O) groups excluding carboxylic acids is 1. The number of rotatable bonds is 5. The summed E-state index contributed by atoms with van der Waals surface area (Å²) in [6.45, 7) is -0.0677. The van der Waals surface area contributed by atoms with Gasteiger partial charge in [0.25, 0.3) is 5.56 Å². The standard InChI is InChI=1S/C15H14BrNO4/c1-20-11-4-5-14(21-2)12(7-11)13(18)9-17-8-10(16)3-6-15(17)19/h3-8H,9H2,1-2H3. The maximum absolute atomic E-state index is 12.4. The number of nitrogens with zero attached hydrogens (tertiary/aromatic N) is 1. The molecule has 0 unspecified atom stereocenters. The molecule has 0 bridgehead atoms. The minimum Gasteiger partial charge on any atom is -0.497 e. The summed E-state index contributed by atoms with van der Waals surface area (Å²) < 4.78 is 12.4. The van der Waals surface area contributed by atoms with E-state index in [1.807, 2.05) is 0 Å². The summed E-state index contributed by atoms with van der Waals surface area (Å²) in [7, 11) is 3.01. The maximum atomic E-state index is 12.4.